The van der Waals surface area contributed by atoms with Crippen LogP contribution in [0.2, 0.25) is 0 Å². The van der Waals surface area contributed by atoms with Gasteiger partial charge in [0, 0.05) is 33.0 Å². The number of nitrogens with one attached hydrogen (secondary N) is 2. The van der Waals surface area contributed by atoms with Gasteiger partial charge in [0.15, 0.2) is 0 Å². The van der Waals surface area contributed by atoms with E-state index in [1.807, 2.05) is 68.4 Å². The normalized spacial score (nSPS) is 18.4. The summed E-state index contributed by atoms with van der Waals surface area (Å²) in [5.74, 6) is 0.0845. The summed E-state index contributed by atoms with van der Waals surface area (Å²) in [4.78, 5) is 60.3. The first-order valence-corrected chi connectivity index (χ1v) is 15.1. The zero-order valence-electron chi connectivity index (χ0n) is 25.6. The van der Waals surface area contributed by atoms with E-state index in [4.69, 9.17) is 0 Å². The summed E-state index contributed by atoms with van der Waals surface area (Å²) in [5, 5.41) is 11.4. The molecule has 1 aliphatic heterocycles. The maximum atomic E-state index is 13.9. The van der Waals surface area contributed by atoms with E-state index in [1.54, 1.807) is 29.6 Å². The Morgan fingerprint density at radius 3 is 2.45 bits per heavy atom. The molecule has 1 aliphatic rings. The van der Waals surface area contributed by atoms with Crippen LogP contribution in [-0.4, -0.2) is 61.1 Å². The van der Waals surface area contributed by atoms with Crippen molar-refractivity contribution >= 4 is 28.6 Å². The summed E-state index contributed by atoms with van der Waals surface area (Å²) in [6.45, 7) is 6.54. The molecule has 0 saturated heterocycles. The summed E-state index contributed by atoms with van der Waals surface area (Å²) in [6, 6.07) is 17.3. The van der Waals surface area contributed by atoms with Gasteiger partial charge in [-0.1, -0.05) is 62.4 Å². The average molecular weight is 598 g/mol. The Kier molecular flexibility index (Phi) is 9.22. The Hall–Kier alpha value is -4.80. The number of nitrogens with zero attached hydrogens (tertiary/aromatic N) is 5. The first-order valence-electron chi connectivity index (χ1n) is 15.1. The van der Waals surface area contributed by atoms with E-state index in [1.165, 1.54) is 4.57 Å². The van der Waals surface area contributed by atoms with Crippen molar-refractivity contribution in [3.8, 4) is 0 Å². The lowest BCUT2D eigenvalue weighted by atomic mass is 10.0. The molecule has 0 radical (unpaired) electrons. The van der Waals surface area contributed by atoms with Crippen molar-refractivity contribution in [3.63, 3.8) is 0 Å². The lowest BCUT2D eigenvalue weighted by molar-refractivity contribution is -0.129. The zero-order chi connectivity index (χ0) is 31.4. The van der Waals surface area contributed by atoms with Crippen molar-refractivity contribution in [1.29, 1.82) is 0 Å². The molecule has 5 rings (SSSR count). The first-order chi connectivity index (χ1) is 21.1. The summed E-state index contributed by atoms with van der Waals surface area (Å²) in [5.41, 5.74) is 1.35. The number of fused-ring (bicyclic) bond motifs is 2. The van der Waals surface area contributed by atoms with Crippen molar-refractivity contribution in [2.24, 2.45) is 13.0 Å². The van der Waals surface area contributed by atoms with Crippen LogP contribution in [0, 0.1) is 12.8 Å². The topological polar surface area (TPSA) is 131 Å². The van der Waals surface area contributed by atoms with Gasteiger partial charge < -0.3 is 20.1 Å². The number of hydrogen-bond donors (Lipinski definition) is 2. The number of benzene rings is 2. The molecule has 0 bridgehead atoms. The number of rotatable bonds is 4. The Labute approximate surface area is 256 Å². The number of aromatic nitrogens is 4. The smallest absolute Gasteiger partial charge is 0.263 e. The molecule has 2 N–H and O–H groups in total. The largest absolute Gasteiger partial charge is 0.344 e. The molecular formula is C33H39N7O4. The number of pyridine rings is 1. The van der Waals surface area contributed by atoms with Crippen LogP contribution in [0.15, 0.2) is 65.5 Å². The molecule has 0 fully saturated rings. The fourth-order valence-electron chi connectivity index (χ4n) is 5.68. The van der Waals surface area contributed by atoms with E-state index >= 15 is 0 Å². The summed E-state index contributed by atoms with van der Waals surface area (Å²) in [6.07, 6.45) is 0.785. The number of carbonyl (C=O) groups is 3. The summed E-state index contributed by atoms with van der Waals surface area (Å²) < 4.78 is 3.22. The van der Waals surface area contributed by atoms with Gasteiger partial charge in [-0.15, -0.1) is 0 Å². The minimum atomic E-state index is -0.801. The molecule has 0 aliphatic carbocycles. The highest BCUT2D eigenvalue weighted by molar-refractivity contribution is 5.97. The van der Waals surface area contributed by atoms with E-state index in [-0.39, 0.29) is 48.4 Å². The molecule has 4 aromatic rings. The lowest BCUT2D eigenvalue weighted by Crippen LogP contribution is -2.50. The zero-order valence-corrected chi connectivity index (χ0v) is 25.6. The SMILES string of the molecule is Cc1nc2n(n1)CCN(C(=O)c1cc3ccccc3n(C)c1=O)CCCC(=O)N[C@@H](Cc1ccccc1)C(=O)N[C@@H]2C(C)C. The minimum Gasteiger partial charge on any atom is -0.344 e. The molecule has 230 valence electrons. The maximum Gasteiger partial charge on any atom is 0.263 e. The van der Waals surface area contributed by atoms with Gasteiger partial charge >= 0.3 is 0 Å². The Balaban J connectivity index is 1.49. The van der Waals surface area contributed by atoms with Crippen LogP contribution < -0.4 is 16.2 Å². The van der Waals surface area contributed by atoms with E-state index in [9.17, 15) is 19.2 Å². The van der Waals surface area contributed by atoms with Gasteiger partial charge in [-0.25, -0.2) is 9.67 Å². The number of carbonyl (C=O) groups excluding carboxylic acids is 3. The predicted octanol–water partition coefficient (Wildman–Crippen LogP) is 2.92. The van der Waals surface area contributed by atoms with Gasteiger partial charge in [-0.05, 0) is 42.3 Å². The highest BCUT2D eigenvalue weighted by Gasteiger charge is 2.30. The second kappa shape index (κ2) is 13.2. The van der Waals surface area contributed by atoms with Crippen molar-refractivity contribution in [2.75, 3.05) is 13.1 Å². The van der Waals surface area contributed by atoms with E-state index in [0.717, 1.165) is 16.5 Å². The quantitative estimate of drug-likeness (QED) is 0.372. The van der Waals surface area contributed by atoms with E-state index in [2.05, 4.69) is 20.7 Å². The number of hydrogen-bond acceptors (Lipinski definition) is 6. The Bertz CT molecular complexity index is 1730. The summed E-state index contributed by atoms with van der Waals surface area (Å²) in [7, 11) is 1.66. The highest BCUT2D eigenvalue weighted by atomic mass is 16.2. The van der Waals surface area contributed by atoms with Crippen LogP contribution >= 0.6 is 0 Å². The van der Waals surface area contributed by atoms with Crippen molar-refractivity contribution in [1.82, 2.24) is 34.9 Å². The van der Waals surface area contributed by atoms with Crippen molar-refractivity contribution in [2.45, 2.75) is 58.7 Å². The molecule has 3 heterocycles. The molecular weight excluding hydrogens is 558 g/mol. The van der Waals surface area contributed by atoms with Crippen LogP contribution in [0.3, 0.4) is 0 Å². The van der Waals surface area contributed by atoms with Crippen LogP contribution in [0.5, 0.6) is 0 Å². The molecule has 44 heavy (non-hydrogen) atoms. The fourth-order valence-corrected chi connectivity index (χ4v) is 5.68. The minimum absolute atomic E-state index is 0.0411. The molecule has 0 saturated carbocycles. The number of aryl methyl sites for hydroxylation is 2. The number of amides is 3. The molecule has 11 nitrogen and oxygen atoms in total. The Morgan fingerprint density at radius 2 is 1.70 bits per heavy atom. The predicted molar refractivity (Wildman–Crippen MR) is 167 cm³/mol. The molecule has 2 aromatic heterocycles. The van der Waals surface area contributed by atoms with Crippen LogP contribution in [0.4, 0.5) is 0 Å². The maximum absolute atomic E-state index is 13.9. The second-order valence-corrected chi connectivity index (χ2v) is 11.7. The van der Waals surface area contributed by atoms with Gasteiger partial charge in [0.2, 0.25) is 11.8 Å². The third-order valence-corrected chi connectivity index (χ3v) is 8.05. The van der Waals surface area contributed by atoms with Gasteiger partial charge in [0.1, 0.15) is 23.3 Å². The molecule has 2 atom stereocenters. The van der Waals surface area contributed by atoms with Crippen LogP contribution in [0.1, 0.15) is 60.3 Å². The molecule has 2 aromatic carbocycles. The van der Waals surface area contributed by atoms with Crippen LogP contribution in [-0.2, 0) is 29.6 Å². The monoisotopic (exact) mass is 597 g/mol. The van der Waals surface area contributed by atoms with Crippen molar-refractivity contribution < 1.29 is 14.4 Å². The third kappa shape index (κ3) is 6.72. The van der Waals surface area contributed by atoms with Crippen molar-refractivity contribution in [3.05, 3.63) is 93.8 Å². The second-order valence-electron chi connectivity index (χ2n) is 11.7. The Morgan fingerprint density at radius 1 is 0.977 bits per heavy atom. The lowest BCUT2D eigenvalue weighted by Gasteiger charge is -2.28. The van der Waals surface area contributed by atoms with E-state index in [0.29, 0.717) is 31.0 Å². The molecule has 11 heteroatoms. The summed E-state index contributed by atoms with van der Waals surface area (Å²) >= 11 is 0. The standard InChI is InChI=1S/C33H39N7O4/c1-21(2)29-30-34-22(3)37-40(30)18-17-39(33(44)25-20-24-13-8-9-14-27(24)38(4)32(25)43)16-10-15-28(41)35-26(31(42)36-29)19-23-11-6-5-7-12-23/h5-9,11-14,20-21,26,29H,10,15-19H2,1-4H3,(H,35,41)(H,36,42)/t26-,29+/m0/s1. The molecule has 0 spiro atoms. The van der Waals surface area contributed by atoms with Gasteiger partial charge in [0.25, 0.3) is 11.5 Å². The van der Waals surface area contributed by atoms with Gasteiger partial charge in [-0.3, -0.25) is 19.2 Å². The van der Waals surface area contributed by atoms with Gasteiger partial charge in [-0.2, -0.15) is 5.10 Å². The first kappa shape index (κ1) is 30.7. The van der Waals surface area contributed by atoms with Gasteiger partial charge in [0.05, 0.1) is 18.1 Å². The molecule has 0 unspecified atom stereocenters. The highest BCUT2D eigenvalue weighted by Crippen LogP contribution is 2.22. The third-order valence-electron chi connectivity index (χ3n) is 8.05. The number of para-hydroxylation sites is 1. The average Bonchev–Trinajstić information content (AvgIpc) is 3.38. The fraction of sp³-hybridized carbons (Fsp3) is 0.394. The molecule has 3 amide bonds. The van der Waals surface area contributed by atoms with Crippen LogP contribution in [0.25, 0.3) is 10.9 Å². The van der Waals surface area contributed by atoms with E-state index < -0.39 is 18.0 Å².